The Morgan fingerprint density at radius 3 is 2.54 bits per heavy atom. The van der Waals surface area contributed by atoms with Gasteiger partial charge in [0.05, 0.1) is 17.5 Å². The molecule has 8 heteroatoms. The van der Waals surface area contributed by atoms with Crippen molar-refractivity contribution < 1.29 is 13.2 Å². The fourth-order valence-corrected chi connectivity index (χ4v) is 3.71. The lowest BCUT2D eigenvalue weighted by Gasteiger charge is -2.08. The summed E-state index contributed by atoms with van der Waals surface area (Å²) >= 11 is 5.77. The summed E-state index contributed by atoms with van der Waals surface area (Å²) in [4.78, 5) is 15.1. The van der Waals surface area contributed by atoms with Crippen LogP contribution in [0.4, 0.5) is 0 Å². The first-order valence-electron chi connectivity index (χ1n) is 7.84. The van der Waals surface area contributed by atoms with E-state index in [9.17, 15) is 13.2 Å². The number of fused-ring (bicyclic) bond motifs is 1. The smallest absolute Gasteiger partial charge is 0.251 e. The van der Waals surface area contributed by atoms with Crippen LogP contribution in [0, 0.1) is 0 Å². The second kappa shape index (κ2) is 7.49. The van der Waals surface area contributed by atoms with E-state index < -0.39 is 10.0 Å². The van der Waals surface area contributed by atoms with Crippen LogP contribution in [-0.2, 0) is 16.4 Å². The number of benzene rings is 2. The summed E-state index contributed by atoms with van der Waals surface area (Å²) in [5.41, 5.74) is 0.915. The lowest BCUT2D eigenvalue weighted by atomic mass is 10.1. The van der Waals surface area contributed by atoms with Crippen LogP contribution in [0.15, 0.2) is 58.2 Å². The molecule has 6 nitrogen and oxygen atoms in total. The van der Waals surface area contributed by atoms with Gasteiger partial charge in [-0.25, -0.2) is 13.1 Å². The van der Waals surface area contributed by atoms with Crippen molar-refractivity contribution in [2.45, 2.75) is 11.3 Å². The first kappa shape index (κ1) is 18.4. The predicted octanol–water partition coefficient (Wildman–Crippen LogP) is 2.71. The Kier molecular flexibility index (Phi) is 5.31. The van der Waals surface area contributed by atoms with Crippen LogP contribution < -0.4 is 15.0 Å². The Hall–Kier alpha value is -2.35. The van der Waals surface area contributed by atoms with Crippen molar-refractivity contribution in [1.29, 1.82) is 0 Å². The van der Waals surface area contributed by atoms with Gasteiger partial charge in [-0.2, -0.15) is 0 Å². The third-order valence-corrected chi connectivity index (χ3v) is 5.67. The fourth-order valence-electron chi connectivity index (χ4n) is 2.56. The number of sulfonamides is 1. The molecular formula is C18H17ClN2O4S. The monoisotopic (exact) mass is 392 g/mol. The first-order valence-corrected chi connectivity index (χ1v) is 9.70. The zero-order valence-corrected chi connectivity index (χ0v) is 15.5. The Labute approximate surface area is 155 Å². The van der Waals surface area contributed by atoms with Crippen molar-refractivity contribution in [1.82, 2.24) is 9.71 Å². The molecule has 0 atom stereocenters. The van der Waals surface area contributed by atoms with E-state index in [1.807, 2.05) is 6.07 Å². The molecule has 2 aromatic carbocycles. The molecule has 0 fully saturated rings. The molecule has 1 heterocycles. The molecule has 3 aromatic rings. The maximum atomic E-state index is 12.2. The highest BCUT2D eigenvalue weighted by molar-refractivity contribution is 7.89. The average molecular weight is 393 g/mol. The SMILES string of the molecule is COc1ccc2cc(CCNS(=O)(=O)c3ccc(Cl)cc3)c(=O)[nH]c2c1. The van der Waals surface area contributed by atoms with E-state index in [0.717, 1.165) is 5.39 Å². The molecule has 26 heavy (non-hydrogen) atoms. The van der Waals surface area contributed by atoms with Crippen LogP contribution in [0.1, 0.15) is 5.56 Å². The summed E-state index contributed by atoms with van der Waals surface area (Å²) in [6.07, 6.45) is 0.268. The molecule has 1 aromatic heterocycles. The van der Waals surface area contributed by atoms with Crippen molar-refractivity contribution in [3.05, 3.63) is 69.5 Å². The number of methoxy groups -OCH3 is 1. The predicted molar refractivity (Wildman–Crippen MR) is 101 cm³/mol. The number of nitrogens with one attached hydrogen (secondary N) is 2. The van der Waals surface area contributed by atoms with Crippen molar-refractivity contribution >= 4 is 32.5 Å². The number of aromatic nitrogens is 1. The normalized spacial score (nSPS) is 11.6. The number of halogens is 1. The standard InChI is InChI=1S/C18H17ClN2O4S/c1-25-15-5-2-12-10-13(18(22)21-17(12)11-15)8-9-20-26(23,24)16-6-3-14(19)4-7-16/h2-7,10-11,20H,8-9H2,1H3,(H,21,22). The van der Waals surface area contributed by atoms with E-state index in [0.29, 0.717) is 21.9 Å². The van der Waals surface area contributed by atoms with Gasteiger partial charge in [0.2, 0.25) is 10.0 Å². The Balaban J connectivity index is 1.74. The lowest BCUT2D eigenvalue weighted by Crippen LogP contribution is -2.27. The largest absolute Gasteiger partial charge is 0.497 e. The van der Waals surface area contributed by atoms with Gasteiger partial charge >= 0.3 is 0 Å². The van der Waals surface area contributed by atoms with Crippen molar-refractivity contribution in [2.24, 2.45) is 0 Å². The molecule has 0 unspecified atom stereocenters. The molecule has 0 spiro atoms. The summed E-state index contributed by atoms with van der Waals surface area (Å²) in [6, 6.07) is 13.0. The average Bonchev–Trinajstić information content (AvgIpc) is 2.62. The number of H-pyrrole nitrogens is 1. The van der Waals surface area contributed by atoms with Crippen LogP contribution >= 0.6 is 11.6 Å². The van der Waals surface area contributed by atoms with Gasteiger partial charge in [0, 0.05) is 23.2 Å². The molecule has 3 rings (SSSR count). The van der Waals surface area contributed by atoms with Gasteiger partial charge in [-0.05, 0) is 54.3 Å². The van der Waals surface area contributed by atoms with Gasteiger partial charge in [-0.3, -0.25) is 4.79 Å². The van der Waals surface area contributed by atoms with Crippen LogP contribution in [-0.4, -0.2) is 27.1 Å². The number of rotatable bonds is 6. The minimum atomic E-state index is -3.65. The van der Waals surface area contributed by atoms with Crippen LogP contribution in [0.2, 0.25) is 5.02 Å². The maximum Gasteiger partial charge on any atom is 0.251 e. The van der Waals surface area contributed by atoms with E-state index in [1.165, 1.54) is 24.3 Å². The molecule has 2 N–H and O–H groups in total. The third kappa shape index (κ3) is 4.07. The number of hydrogen-bond donors (Lipinski definition) is 2. The molecular weight excluding hydrogens is 376 g/mol. The van der Waals surface area contributed by atoms with Crippen LogP contribution in [0.25, 0.3) is 10.9 Å². The molecule has 0 amide bonds. The highest BCUT2D eigenvalue weighted by atomic mass is 35.5. The number of aromatic amines is 1. The second-order valence-corrected chi connectivity index (χ2v) is 7.88. The molecule has 0 bridgehead atoms. The van der Waals surface area contributed by atoms with Crippen molar-refractivity contribution in [2.75, 3.05) is 13.7 Å². The zero-order valence-electron chi connectivity index (χ0n) is 14.0. The van der Waals surface area contributed by atoms with E-state index in [2.05, 4.69) is 9.71 Å². The van der Waals surface area contributed by atoms with Gasteiger partial charge in [0.15, 0.2) is 0 Å². The van der Waals surface area contributed by atoms with E-state index >= 15 is 0 Å². The van der Waals surface area contributed by atoms with Gasteiger partial charge in [0.1, 0.15) is 5.75 Å². The maximum absolute atomic E-state index is 12.2. The fraction of sp³-hybridized carbons (Fsp3) is 0.167. The highest BCUT2D eigenvalue weighted by Gasteiger charge is 2.13. The number of ether oxygens (including phenoxy) is 1. The molecule has 136 valence electrons. The zero-order chi connectivity index (χ0) is 18.7. The summed E-state index contributed by atoms with van der Waals surface area (Å²) in [6.45, 7) is 0.107. The van der Waals surface area contributed by atoms with Gasteiger partial charge in [0.25, 0.3) is 5.56 Å². The molecule has 0 aliphatic heterocycles. The summed E-state index contributed by atoms with van der Waals surface area (Å²) < 4.78 is 32.1. The molecule has 0 saturated heterocycles. The Morgan fingerprint density at radius 2 is 1.85 bits per heavy atom. The van der Waals surface area contributed by atoms with Gasteiger partial charge in [-0.1, -0.05) is 11.6 Å². The molecule has 0 radical (unpaired) electrons. The third-order valence-electron chi connectivity index (χ3n) is 3.94. The topological polar surface area (TPSA) is 88.3 Å². The lowest BCUT2D eigenvalue weighted by molar-refractivity contribution is 0.415. The van der Waals surface area contributed by atoms with Crippen molar-refractivity contribution in [3.63, 3.8) is 0 Å². The summed E-state index contributed by atoms with van der Waals surface area (Å²) in [5, 5.41) is 1.31. The number of hydrogen-bond acceptors (Lipinski definition) is 4. The van der Waals surface area contributed by atoms with E-state index in [1.54, 1.807) is 25.3 Å². The Bertz CT molecular complexity index is 1090. The summed E-state index contributed by atoms with van der Waals surface area (Å²) in [7, 11) is -2.09. The molecule has 0 aliphatic carbocycles. The quantitative estimate of drug-likeness (QED) is 0.675. The number of pyridine rings is 1. The highest BCUT2D eigenvalue weighted by Crippen LogP contribution is 2.18. The first-order chi connectivity index (χ1) is 12.4. The van der Waals surface area contributed by atoms with Crippen molar-refractivity contribution in [3.8, 4) is 5.75 Å². The van der Waals surface area contributed by atoms with Crippen LogP contribution in [0.5, 0.6) is 5.75 Å². The van der Waals surface area contributed by atoms with E-state index in [-0.39, 0.29) is 23.4 Å². The minimum Gasteiger partial charge on any atom is -0.497 e. The second-order valence-electron chi connectivity index (χ2n) is 5.68. The minimum absolute atomic E-state index is 0.107. The van der Waals surface area contributed by atoms with Gasteiger partial charge < -0.3 is 9.72 Å². The van der Waals surface area contributed by atoms with Gasteiger partial charge in [-0.15, -0.1) is 0 Å². The molecule has 0 aliphatic rings. The van der Waals surface area contributed by atoms with Crippen LogP contribution in [0.3, 0.4) is 0 Å². The Morgan fingerprint density at radius 1 is 1.12 bits per heavy atom. The molecule has 0 saturated carbocycles. The van der Waals surface area contributed by atoms with E-state index in [4.69, 9.17) is 16.3 Å². The summed E-state index contributed by atoms with van der Waals surface area (Å²) in [5.74, 6) is 0.650.